The molecule has 70 valence electrons. The van der Waals surface area contributed by atoms with Gasteiger partial charge in [0.1, 0.15) is 0 Å². The van der Waals surface area contributed by atoms with Gasteiger partial charge >= 0.3 is 5.97 Å². The van der Waals surface area contributed by atoms with Gasteiger partial charge in [-0.1, -0.05) is 0 Å². The zero-order valence-electron chi connectivity index (χ0n) is 6.86. The summed E-state index contributed by atoms with van der Waals surface area (Å²) in [4.78, 5) is 23.9. The quantitative estimate of drug-likeness (QED) is 0.605. The summed E-state index contributed by atoms with van der Waals surface area (Å²) in [5.41, 5.74) is 5.77. The highest BCUT2D eigenvalue weighted by atomic mass is 16.4. The van der Waals surface area contributed by atoms with E-state index in [2.05, 4.69) is 4.98 Å². The second-order valence-electron chi connectivity index (χ2n) is 2.68. The maximum atomic E-state index is 10.9. The maximum Gasteiger partial charge on any atom is 0.305 e. The number of aromatic nitrogens is 1. The smallest absolute Gasteiger partial charge is 0.305 e. The Balaban J connectivity index is 2.82. The number of nitrogens with two attached hydrogens (primary N) is 1. The number of hydrogen-bond acceptors (Lipinski definition) is 3. The fourth-order valence-electron chi connectivity index (χ4n) is 0.975. The Morgan fingerprint density at radius 1 is 1.69 bits per heavy atom. The molecular weight excluding hydrogens is 172 g/mol. The largest absolute Gasteiger partial charge is 0.481 e. The monoisotopic (exact) mass is 182 g/mol. The molecule has 5 nitrogen and oxygen atoms in total. The van der Waals surface area contributed by atoms with Crippen LogP contribution in [0.5, 0.6) is 0 Å². The molecule has 0 fully saturated rings. The molecule has 0 bridgehead atoms. The second kappa shape index (κ2) is 3.86. The number of rotatable bonds is 3. The Bertz CT molecular complexity index is 358. The van der Waals surface area contributed by atoms with Gasteiger partial charge in [0.15, 0.2) is 5.43 Å². The standard InChI is InChI=1S/C8H10N2O3/c9-6(4-8(12)13)7-3-5(11)1-2-10-7/h1-3,6H,4,9H2,(H,10,11)(H,12,13)/t6-/m0/s1. The summed E-state index contributed by atoms with van der Waals surface area (Å²) >= 11 is 0. The van der Waals surface area contributed by atoms with Gasteiger partial charge in [0.2, 0.25) is 0 Å². The Labute approximate surface area is 74.2 Å². The van der Waals surface area contributed by atoms with E-state index in [9.17, 15) is 9.59 Å². The van der Waals surface area contributed by atoms with Crippen LogP contribution in [0.2, 0.25) is 0 Å². The number of carboxylic acids is 1. The highest BCUT2D eigenvalue weighted by Gasteiger charge is 2.10. The van der Waals surface area contributed by atoms with Gasteiger partial charge in [-0.05, 0) is 0 Å². The van der Waals surface area contributed by atoms with Crippen molar-refractivity contribution in [2.45, 2.75) is 12.5 Å². The summed E-state index contributed by atoms with van der Waals surface area (Å²) in [7, 11) is 0. The van der Waals surface area contributed by atoms with Crippen LogP contribution in [0.1, 0.15) is 18.2 Å². The van der Waals surface area contributed by atoms with Crippen molar-refractivity contribution in [2.24, 2.45) is 5.73 Å². The summed E-state index contributed by atoms with van der Waals surface area (Å²) in [6.45, 7) is 0. The van der Waals surface area contributed by atoms with E-state index in [1.807, 2.05) is 0 Å². The normalized spacial score (nSPS) is 12.4. The summed E-state index contributed by atoms with van der Waals surface area (Å²) in [5.74, 6) is -0.989. The number of aliphatic carboxylic acids is 1. The average molecular weight is 182 g/mol. The third-order valence-electron chi connectivity index (χ3n) is 1.59. The number of carboxylic acid groups (broad SMARTS) is 1. The zero-order valence-corrected chi connectivity index (χ0v) is 6.86. The summed E-state index contributed by atoms with van der Waals surface area (Å²) in [5, 5.41) is 8.44. The highest BCUT2D eigenvalue weighted by molar-refractivity contribution is 5.67. The number of nitrogens with one attached hydrogen (secondary N) is 1. The minimum atomic E-state index is -0.989. The van der Waals surface area contributed by atoms with Gasteiger partial charge in [-0.3, -0.25) is 9.59 Å². The van der Waals surface area contributed by atoms with Crippen LogP contribution in [0.3, 0.4) is 0 Å². The van der Waals surface area contributed by atoms with Crippen molar-refractivity contribution in [3.63, 3.8) is 0 Å². The molecule has 0 radical (unpaired) electrons. The van der Waals surface area contributed by atoms with Crippen LogP contribution < -0.4 is 11.2 Å². The molecule has 0 unspecified atom stereocenters. The van der Waals surface area contributed by atoms with Crippen molar-refractivity contribution in [3.8, 4) is 0 Å². The molecule has 0 aromatic carbocycles. The van der Waals surface area contributed by atoms with Gasteiger partial charge in [0.05, 0.1) is 12.5 Å². The van der Waals surface area contributed by atoms with Crippen LogP contribution in [0.15, 0.2) is 23.1 Å². The van der Waals surface area contributed by atoms with Crippen LogP contribution in [0, 0.1) is 0 Å². The maximum absolute atomic E-state index is 10.9. The van der Waals surface area contributed by atoms with Crippen molar-refractivity contribution in [1.29, 1.82) is 0 Å². The Morgan fingerprint density at radius 3 is 2.92 bits per heavy atom. The van der Waals surface area contributed by atoms with Crippen molar-refractivity contribution < 1.29 is 9.90 Å². The van der Waals surface area contributed by atoms with Gasteiger partial charge in [-0.2, -0.15) is 0 Å². The molecule has 13 heavy (non-hydrogen) atoms. The lowest BCUT2D eigenvalue weighted by Gasteiger charge is -2.07. The van der Waals surface area contributed by atoms with Gasteiger partial charge in [-0.25, -0.2) is 0 Å². The van der Waals surface area contributed by atoms with Crippen molar-refractivity contribution in [1.82, 2.24) is 4.98 Å². The molecule has 0 amide bonds. The molecular formula is C8H10N2O3. The van der Waals surface area contributed by atoms with Gasteiger partial charge in [0, 0.05) is 24.0 Å². The van der Waals surface area contributed by atoms with E-state index in [-0.39, 0.29) is 11.8 Å². The van der Waals surface area contributed by atoms with Gasteiger partial charge in [0.25, 0.3) is 0 Å². The van der Waals surface area contributed by atoms with Crippen LogP contribution >= 0.6 is 0 Å². The topological polar surface area (TPSA) is 96.2 Å². The number of aromatic amines is 1. The highest BCUT2D eigenvalue weighted by Crippen LogP contribution is 2.07. The molecule has 0 saturated carbocycles. The SMILES string of the molecule is N[C@@H](CC(=O)O)c1cc(=O)cc[nH]1. The first-order chi connectivity index (χ1) is 6.09. The second-order valence-corrected chi connectivity index (χ2v) is 2.68. The molecule has 0 aliphatic carbocycles. The van der Waals surface area contributed by atoms with Crippen LogP contribution in [-0.4, -0.2) is 16.1 Å². The van der Waals surface area contributed by atoms with E-state index in [1.165, 1.54) is 18.3 Å². The van der Waals surface area contributed by atoms with E-state index in [1.54, 1.807) is 0 Å². The fraction of sp³-hybridized carbons (Fsp3) is 0.250. The Morgan fingerprint density at radius 2 is 2.38 bits per heavy atom. The predicted molar refractivity (Wildman–Crippen MR) is 46.2 cm³/mol. The molecule has 0 aliphatic heterocycles. The van der Waals surface area contributed by atoms with Gasteiger partial charge in [-0.15, -0.1) is 0 Å². The molecule has 1 atom stereocenters. The van der Waals surface area contributed by atoms with E-state index in [0.29, 0.717) is 5.69 Å². The van der Waals surface area contributed by atoms with Crippen LogP contribution in [0.25, 0.3) is 0 Å². The van der Waals surface area contributed by atoms with Crippen molar-refractivity contribution in [2.75, 3.05) is 0 Å². The minimum Gasteiger partial charge on any atom is -0.481 e. The summed E-state index contributed by atoms with van der Waals surface area (Å²) < 4.78 is 0. The van der Waals surface area contributed by atoms with Crippen molar-refractivity contribution >= 4 is 5.97 Å². The predicted octanol–water partition coefficient (Wildman–Crippen LogP) is -0.151. The lowest BCUT2D eigenvalue weighted by atomic mass is 10.1. The molecule has 1 rings (SSSR count). The molecule has 4 N–H and O–H groups in total. The minimum absolute atomic E-state index is 0.186. The fourth-order valence-corrected chi connectivity index (χ4v) is 0.975. The molecule has 5 heteroatoms. The third kappa shape index (κ3) is 2.72. The number of hydrogen-bond donors (Lipinski definition) is 3. The average Bonchev–Trinajstić information content (AvgIpc) is 2.03. The summed E-state index contributed by atoms with van der Waals surface area (Å²) in [6, 6.07) is 1.98. The van der Waals surface area contributed by atoms with E-state index >= 15 is 0 Å². The van der Waals surface area contributed by atoms with Crippen LogP contribution in [0.4, 0.5) is 0 Å². The summed E-state index contributed by atoms with van der Waals surface area (Å²) in [6.07, 6.45) is 1.25. The van der Waals surface area contributed by atoms with Crippen LogP contribution in [-0.2, 0) is 4.79 Å². The molecule has 0 saturated heterocycles. The zero-order chi connectivity index (χ0) is 9.84. The first-order valence-electron chi connectivity index (χ1n) is 3.75. The van der Waals surface area contributed by atoms with Crippen molar-refractivity contribution in [3.05, 3.63) is 34.2 Å². The van der Waals surface area contributed by atoms with E-state index in [0.717, 1.165) is 0 Å². The van der Waals surface area contributed by atoms with Gasteiger partial charge < -0.3 is 15.8 Å². The van der Waals surface area contributed by atoms with E-state index < -0.39 is 12.0 Å². The number of pyridine rings is 1. The first-order valence-corrected chi connectivity index (χ1v) is 3.75. The third-order valence-corrected chi connectivity index (χ3v) is 1.59. The molecule has 0 aliphatic rings. The lowest BCUT2D eigenvalue weighted by molar-refractivity contribution is -0.137. The first kappa shape index (κ1) is 9.47. The lowest BCUT2D eigenvalue weighted by Crippen LogP contribution is -2.18. The Kier molecular flexibility index (Phi) is 2.81. The number of carbonyl (C=O) groups is 1. The molecule has 1 heterocycles. The molecule has 0 spiro atoms. The number of H-pyrrole nitrogens is 1. The molecule has 1 aromatic rings. The molecule has 1 aromatic heterocycles. The Hall–Kier alpha value is -1.62. The van der Waals surface area contributed by atoms with E-state index in [4.69, 9.17) is 10.8 Å².